The van der Waals surface area contributed by atoms with Gasteiger partial charge in [0.1, 0.15) is 5.60 Å². The van der Waals surface area contributed by atoms with E-state index in [0.717, 1.165) is 16.6 Å². The van der Waals surface area contributed by atoms with E-state index in [4.69, 9.17) is 10.5 Å². The van der Waals surface area contributed by atoms with Gasteiger partial charge in [-0.25, -0.2) is 4.79 Å². The number of para-hydroxylation sites is 1. The molecular weight excluding hydrogens is 278 g/mol. The second kappa shape index (κ2) is 6.01. The molecule has 0 saturated carbocycles. The van der Waals surface area contributed by atoms with Crippen LogP contribution < -0.4 is 11.1 Å². The van der Waals surface area contributed by atoms with E-state index >= 15 is 0 Å². The molecule has 0 radical (unpaired) electrons. The third-order valence-electron chi connectivity index (χ3n) is 3.65. The first-order chi connectivity index (χ1) is 10.2. The zero-order valence-corrected chi connectivity index (χ0v) is 13.7. The quantitative estimate of drug-likeness (QED) is 0.812. The normalized spacial score (nSPS) is 14.6. The van der Waals surface area contributed by atoms with Crippen molar-refractivity contribution < 1.29 is 9.53 Å². The largest absolute Gasteiger partial charge is 0.444 e. The molecule has 1 atom stereocenters. The van der Waals surface area contributed by atoms with Crippen molar-refractivity contribution in [3.05, 3.63) is 36.0 Å². The molecule has 0 saturated heterocycles. The molecule has 0 spiro atoms. The monoisotopic (exact) mass is 303 g/mol. The Morgan fingerprint density at radius 2 is 1.95 bits per heavy atom. The lowest BCUT2D eigenvalue weighted by Gasteiger charge is -2.28. The maximum Gasteiger partial charge on any atom is 0.407 e. The molecule has 1 aromatic heterocycles. The summed E-state index contributed by atoms with van der Waals surface area (Å²) in [6.07, 6.45) is -0.428. The fourth-order valence-electron chi connectivity index (χ4n) is 2.26. The number of amides is 1. The first-order valence-electron chi connectivity index (χ1n) is 7.49. The van der Waals surface area contributed by atoms with Crippen molar-refractivity contribution in [2.75, 3.05) is 13.1 Å². The number of hydrogen-bond acceptors (Lipinski definition) is 3. The molecule has 0 fully saturated rings. The third-order valence-corrected chi connectivity index (χ3v) is 3.65. The van der Waals surface area contributed by atoms with Gasteiger partial charge in [0.15, 0.2) is 0 Å². The van der Waals surface area contributed by atoms with Gasteiger partial charge in [0.25, 0.3) is 0 Å². The molecule has 120 valence electrons. The Hall–Kier alpha value is -2.01. The summed E-state index contributed by atoms with van der Waals surface area (Å²) in [7, 11) is 0. The average molecular weight is 303 g/mol. The van der Waals surface area contributed by atoms with Crippen LogP contribution >= 0.6 is 0 Å². The minimum atomic E-state index is -0.510. The predicted molar refractivity (Wildman–Crippen MR) is 88.9 cm³/mol. The van der Waals surface area contributed by atoms with Crippen LogP contribution in [0.4, 0.5) is 4.79 Å². The Kier molecular flexibility index (Phi) is 4.47. The lowest BCUT2D eigenvalue weighted by atomic mass is 9.87. The summed E-state index contributed by atoms with van der Waals surface area (Å²) >= 11 is 0. The van der Waals surface area contributed by atoms with Crippen molar-refractivity contribution in [3.8, 4) is 0 Å². The van der Waals surface area contributed by atoms with E-state index in [1.807, 2.05) is 52.0 Å². The third kappa shape index (κ3) is 3.80. The highest BCUT2D eigenvalue weighted by atomic mass is 16.6. The average Bonchev–Trinajstić information content (AvgIpc) is 2.87. The summed E-state index contributed by atoms with van der Waals surface area (Å²) in [5.41, 5.74) is 7.14. The molecule has 2 rings (SSSR count). The first kappa shape index (κ1) is 16.4. The van der Waals surface area contributed by atoms with Crippen LogP contribution in [-0.4, -0.2) is 29.8 Å². The number of rotatable bonds is 4. The van der Waals surface area contributed by atoms with E-state index in [2.05, 4.69) is 16.4 Å². The molecule has 5 nitrogen and oxygen atoms in total. The van der Waals surface area contributed by atoms with Gasteiger partial charge >= 0.3 is 6.09 Å². The number of H-pyrrole nitrogens is 1. The van der Waals surface area contributed by atoms with Crippen molar-refractivity contribution in [2.24, 2.45) is 5.73 Å². The number of fused-ring (bicyclic) bond motifs is 1. The lowest BCUT2D eigenvalue weighted by Crippen LogP contribution is -2.45. The van der Waals surface area contributed by atoms with Gasteiger partial charge in [0.05, 0.1) is 0 Å². The highest BCUT2D eigenvalue weighted by molar-refractivity contribution is 5.80. The van der Waals surface area contributed by atoms with Gasteiger partial charge in [-0.2, -0.15) is 0 Å². The standard InChI is InChI=1S/C17H25N3O2/c1-16(2,3)22-15(21)19-11-17(4,10-18)14-9-12-7-5-6-8-13(12)20-14/h5-9,20H,10-11,18H2,1-4H3,(H,19,21). The molecule has 0 aliphatic heterocycles. The summed E-state index contributed by atoms with van der Waals surface area (Å²) in [6, 6.07) is 10.1. The van der Waals surface area contributed by atoms with E-state index in [-0.39, 0.29) is 5.41 Å². The van der Waals surface area contributed by atoms with Crippen molar-refractivity contribution in [1.29, 1.82) is 0 Å². The van der Waals surface area contributed by atoms with E-state index in [1.165, 1.54) is 0 Å². The molecule has 1 unspecified atom stereocenters. The molecule has 1 amide bonds. The second-order valence-corrected chi connectivity index (χ2v) is 6.89. The maximum absolute atomic E-state index is 11.8. The summed E-state index contributed by atoms with van der Waals surface area (Å²) in [6.45, 7) is 8.36. The van der Waals surface area contributed by atoms with E-state index < -0.39 is 11.7 Å². The van der Waals surface area contributed by atoms with Crippen LogP contribution in [0.5, 0.6) is 0 Å². The topological polar surface area (TPSA) is 80.1 Å². The minimum absolute atomic E-state index is 0.379. The van der Waals surface area contributed by atoms with Gasteiger partial charge in [-0.1, -0.05) is 25.1 Å². The van der Waals surface area contributed by atoms with Crippen LogP contribution in [0.3, 0.4) is 0 Å². The van der Waals surface area contributed by atoms with Crippen molar-refractivity contribution in [1.82, 2.24) is 10.3 Å². The number of nitrogens with two attached hydrogens (primary N) is 1. The van der Waals surface area contributed by atoms with Crippen LogP contribution in [-0.2, 0) is 10.2 Å². The maximum atomic E-state index is 11.8. The Balaban J connectivity index is 2.12. The number of nitrogens with one attached hydrogen (secondary N) is 2. The van der Waals surface area contributed by atoms with Crippen LogP contribution in [0.1, 0.15) is 33.4 Å². The number of carbonyl (C=O) groups excluding carboxylic acids is 1. The fraction of sp³-hybridized carbons (Fsp3) is 0.471. The van der Waals surface area contributed by atoms with E-state index in [0.29, 0.717) is 13.1 Å². The van der Waals surface area contributed by atoms with Crippen molar-refractivity contribution >= 4 is 17.0 Å². The summed E-state index contributed by atoms with van der Waals surface area (Å²) < 4.78 is 5.27. The van der Waals surface area contributed by atoms with E-state index in [1.54, 1.807) is 0 Å². The van der Waals surface area contributed by atoms with Gasteiger partial charge in [-0.05, 0) is 38.3 Å². The molecule has 0 aliphatic rings. The minimum Gasteiger partial charge on any atom is -0.444 e. The number of alkyl carbamates (subject to hydrolysis) is 1. The van der Waals surface area contributed by atoms with Crippen LogP contribution in [0.25, 0.3) is 10.9 Å². The first-order valence-corrected chi connectivity index (χ1v) is 7.49. The van der Waals surface area contributed by atoms with Gasteiger partial charge in [-0.3, -0.25) is 0 Å². The molecule has 22 heavy (non-hydrogen) atoms. The Bertz CT molecular complexity index is 624. The van der Waals surface area contributed by atoms with Crippen molar-refractivity contribution in [2.45, 2.75) is 38.7 Å². The number of carbonyl (C=O) groups is 1. The highest BCUT2D eigenvalue weighted by Crippen LogP contribution is 2.25. The molecule has 0 aliphatic carbocycles. The number of hydrogen-bond donors (Lipinski definition) is 3. The molecule has 1 aromatic carbocycles. The van der Waals surface area contributed by atoms with Gasteiger partial charge < -0.3 is 20.8 Å². The number of aromatic nitrogens is 1. The molecule has 1 heterocycles. The molecule has 2 aromatic rings. The number of aromatic amines is 1. The Morgan fingerprint density at radius 3 is 2.55 bits per heavy atom. The number of ether oxygens (including phenoxy) is 1. The Morgan fingerprint density at radius 1 is 1.27 bits per heavy atom. The summed E-state index contributed by atoms with van der Waals surface area (Å²) in [5.74, 6) is 0. The fourth-order valence-corrected chi connectivity index (χ4v) is 2.26. The molecule has 0 bridgehead atoms. The van der Waals surface area contributed by atoms with Crippen LogP contribution in [0.2, 0.25) is 0 Å². The second-order valence-electron chi connectivity index (χ2n) is 6.89. The summed E-state index contributed by atoms with van der Waals surface area (Å²) in [4.78, 5) is 15.2. The van der Waals surface area contributed by atoms with Crippen LogP contribution in [0, 0.1) is 0 Å². The van der Waals surface area contributed by atoms with E-state index in [9.17, 15) is 4.79 Å². The highest BCUT2D eigenvalue weighted by Gasteiger charge is 2.28. The Labute approximate surface area is 131 Å². The lowest BCUT2D eigenvalue weighted by molar-refractivity contribution is 0.0516. The summed E-state index contributed by atoms with van der Waals surface area (Å²) in [5, 5.41) is 3.95. The van der Waals surface area contributed by atoms with Crippen molar-refractivity contribution in [3.63, 3.8) is 0 Å². The number of benzene rings is 1. The predicted octanol–water partition coefficient (Wildman–Crippen LogP) is 2.91. The van der Waals surface area contributed by atoms with Gasteiger partial charge in [-0.15, -0.1) is 0 Å². The molecule has 4 N–H and O–H groups in total. The van der Waals surface area contributed by atoms with Gasteiger partial charge in [0, 0.05) is 29.7 Å². The van der Waals surface area contributed by atoms with Crippen LogP contribution in [0.15, 0.2) is 30.3 Å². The zero-order chi connectivity index (χ0) is 16.4. The SMILES string of the molecule is CC(C)(C)OC(=O)NCC(C)(CN)c1cc2ccccc2[nH]1. The molecule has 5 heteroatoms. The van der Waals surface area contributed by atoms with Gasteiger partial charge in [0.2, 0.25) is 0 Å². The zero-order valence-electron chi connectivity index (χ0n) is 13.7. The smallest absolute Gasteiger partial charge is 0.407 e. The molecular formula is C17H25N3O2.